The van der Waals surface area contributed by atoms with Gasteiger partial charge in [-0.15, -0.1) is 0 Å². The van der Waals surface area contributed by atoms with Crippen molar-refractivity contribution in [3.8, 4) is 0 Å². The second-order valence-corrected chi connectivity index (χ2v) is 6.96. The lowest BCUT2D eigenvalue weighted by atomic mass is 9.77. The van der Waals surface area contributed by atoms with Gasteiger partial charge in [0.15, 0.2) is 0 Å². The molecule has 4 nitrogen and oxygen atoms in total. The molecule has 3 rings (SSSR count). The minimum absolute atomic E-state index is 0.0459. The van der Waals surface area contributed by atoms with Crippen molar-refractivity contribution in [3.63, 3.8) is 0 Å². The number of carbonyl (C=O) groups is 1. The van der Waals surface area contributed by atoms with Crippen molar-refractivity contribution in [2.75, 3.05) is 0 Å². The van der Waals surface area contributed by atoms with E-state index < -0.39 is 12.1 Å². The molecule has 2 bridgehead atoms. The predicted octanol–water partition coefficient (Wildman–Crippen LogP) is 4.05. The van der Waals surface area contributed by atoms with E-state index in [1.54, 1.807) is 12.2 Å². The Balaban J connectivity index is 1.58. The molecule has 2 saturated heterocycles. The SMILES string of the molecule is O=C(O)CC=CC=CC[C@H]1[C@@H](C=CC(O)c2ccccc2)[C@H]2CC[C@@H]1O2. The summed E-state index contributed by atoms with van der Waals surface area (Å²) in [5, 5.41) is 19.0. The molecule has 0 spiro atoms. The van der Waals surface area contributed by atoms with Crippen LogP contribution in [0.2, 0.25) is 0 Å². The summed E-state index contributed by atoms with van der Waals surface area (Å²) in [5.74, 6) is -0.0878. The maximum Gasteiger partial charge on any atom is 0.307 e. The Morgan fingerprint density at radius 2 is 1.88 bits per heavy atom. The first-order valence-electron chi connectivity index (χ1n) is 9.25. The molecule has 1 aromatic carbocycles. The minimum atomic E-state index is -0.821. The van der Waals surface area contributed by atoms with Crippen LogP contribution in [0.1, 0.15) is 37.4 Å². The fraction of sp³-hybridized carbons (Fsp3) is 0.409. The third kappa shape index (κ3) is 4.71. The molecule has 2 heterocycles. The molecule has 2 aliphatic rings. The van der Waals surface area contributed by atoms with Crippen LogP contribution in [0.5, 0.6) is 0 Å². The number of aliphatic carboxylic acids is 1. The Bertz CT molecular complexity index is 677. The van der Waals surface area contributed by atoms with Gasteiger partial charge in [0.1, 0.15) is 0 Å². The Labute approximate surface area is 154 Å². The van der Waals surface area contributed by atoms with Crippen molar-refractivity contribution in [2.45, 2.75) is 44.0 Å². The number of carboxylic acids is 1. The van der Waals surface area contributed by atoms with Crippen molar-refractivity contribution >= 4 is 5.97 Å². The highest BCUT2D eigenvalue weighted by Crippen LogP contribution is 2.46. The molecule has 4 heteroatoms. The molecule has 2 aliphatic heterocycles. The normalized spacial score (nSPS) is 29.3. The van der Waals surface area contributed by atoms with Crippen LogP contribution in [0.25, 0.3) is 0 Å². The Kier molecular flexibility index (Phi) is 6.42. The standard InChI is InChI=1S/C22H26O4/c23-19(16-8-4-3-5-9-16)13-12-18-17(20-14-15-21(18)26-20)10-6-1-2-7-11-22(24)25/h1-9,12-13,17-21,23H,10-11,14-15H2,(H,24,25)/t17-,18+,19?,20-,21+/m0/s1. The summed E-state index contributed by atoms with van der Waals surface area (Å²) in [5.41, 5.74) is 0.896. The molecule has 0 aliphatic carbocycles. The van der Waals surface area contributed by atoms with E-state index in [1.165, 1.54) is 0 Å². The molecule has 1 unspecified atom stereocenters. The molecular formula is C22H26O4. The molecule has 5 atom stereocenters. The van der Waals surface area contributed by atoms with E-state index >= 15 is 0 Å². The van der Waals surface area contributed by atoms with Crippen LogP contribution in [0, 0.1) is 11.8 Å². The van der Waals surface area contributed by atoms with Crippen LogP contribution in [-0.4, -0.2) is 28.4 Å². The number of aliphatic hydroxyl groups is 1. The van der Waals surface area contributed by atoms with E-state index in [9.17, 15) is 9.90 Å². The monoisotopic (exact) mass is 354 g/mol. The van der Waals surface area contributed by atoms with Crippen LogP contribution in [0.3, 0.4) is 0 Å². The van der Waals surface area contributed by atoms with Crippen molar-refractivity contribution in [3.05, 3.63) is 72.4 Å². The highest BCUT2D eigenvalue weighted by atomic mass is 16.5. The van der Waals surface area contributed by atoms with Gasteiger partial charge in [-0.05, 0) is 30.7 Å². The fourth-order valence-electron chi connectivity index (χ4n) is 3.94. The summed E-state index contributed by atoms with van der Waals surface area (Å²) in [4.78, 5) is 10.5. The zero-order valence-corrected chi connectivity index (χ0v) is 14.8. The van der Waals surface area contributed by atoms with Gasteiger partial charge in [0.2, 0.25) is 0 Å². The zero-order valence-electron chi connectivity index (χ0n) is 14.8. The van der Waals surface area contributed by atoms with Crippen LogP contribution in [-0.2, 0) is 9.53 Å². The first-order valence-corrected chi connectivity index (χ1v) is 9.25. The lowest BCUT2D eigenvalue weighted by Gasteiger charge is -2.24. The number of hydrogen-bond acceptors (Lipinski definition) is 3. The van der Waals surface area contributed by atoms with Crippen LogP contribution < -0.4 is 0 Å². The Morgan fingerprint density at radius 3 is 2.65 bits per heavy atom. The number of ether oxygens (including phenoxy) is 1. The average Bonchev–Trinajstić information content (AvgIpc) is 3.24. The third-order valence-electron chi connectivity index (χ3n) is 5.23. The van der Waals surface area contributed by atoms with Gasteiger partial charge in [-0.2, -0.15) is 0 Å². The average molecular weight is 354 g/mol. The van der Waals surface area contributed by atoms with E-state index in [4.69, 9.17) is 9.84 Å². The molecule has 0 aromatic heterocycles. The zero-order chi connectivity index (χ0) is 18.4. The molecule has 26 heavy (non-hydrogen) atoms. The minimum Gasteiger partial charge on any atom is -0.481 e. The molecule has 138 valence electrons. The molecule has 0 saturated carbocycles. The van der Waals surface area contributed by atoms with Crippen molar-refractivity contribution in [1.82, 2.24) is 0 Å². The summed E-state index contributed by atoms with van der Waals surface area (Å²) in [6.45, 7) is 0. The summed E-state index contributed by atoms with van der Waals surface area (Å²) in [6.07, 6.45) is 14.5. The van der Waals surface area contributed by atoms with Gasteiger partial charge < -0.3 is 14.9 Å². The maximum absolute atomic E-state index is 10.5. The summed E-state index contributed by atoms with van der Waals surface area (Å²) in [6, 6.07) is 9.65. The lowest BCUT2D eigenvalue weighted by molar-refractivity contribution is -0.136. The van der Waals surface area contributed by atoms with Crippen molar-refractivity contribution in [1.29, 1.82) is 0 Å². The molecule has 2 N–H and O–H groups in total. The van der Waals surface area contributed by atoms with E-state index in [0.717, 1.165) is 24.8 Å². The number of aliphatic hydroxyl groups excluding tert-OH is 1. The number of rotatable bonds is 8. The van der Waals surface area contributed by atoms with Crippen molar-refractivity contribution < 1.29 is 19.7 Å². The first-order chi connectivity index (χ1) is 12.6. The molecule has 1 aromatic rings. The number of benzene rings is 1. The summed E-state index contributed by atoms with van der Waals surface area (Å²) < 4.78 is 6.08. The Hall–Kier alpha value is -2.17. The van der Waals surface area contributed by atoms with Crippen LogP contribution in [0.15, 0.2) is 66.8 Å². The molecule has 0 amide bonds. The third-order valence-corrected chi connectivity index (χ3v) is 5.23. The number of fused-ring (bicyclic) bond motifs is 2. The number of allylic oxidation sites excluding steroid dienone is 3. The number of hydrogen-bond donors (Lipinski definition) is 2. The first kappa shape index (κ1) is 18.6. The summed E-state index contributed by atoms with van der Waals surface area (Å²) >= 11 is 0. The summed E-state index contributed by atoms with van der Waals surface area (Å²) in [7, 11) is 0. The highest BCUT2D eigenvalue weighted by molar-refractivity contribution is 5.68. The maximum atomic E-state index is 10.5. The molecule has 2 fully saturated rings. The van der Waals surface area contributed by atoms with Gasteiger partial charge in [-0.1, -0.05) is 66.8 Å². The highest BCUT2D eigenvalue weighted by Gasteiger charge is 2.46. The lowest BCUT2D eigenvalue weighted by Crippen LogP contribution is -2.25. The molecule has 0 radical (unpaired) electrons. The topological polar surface area (TPSA) is 66.8 Å². The van der Waals surface area contributed by atoms with Gasteiger partial charge >= 0.3 is 5.97 Å². The van der Waals surface area contributed by atoms with Gasteiger partial charge in [0, 0.05) is 5.92 Å². The fourth-order valence-corrected chi connectivity index (χ4v) is 3.94. The van der Waals surface area contributed by atoms with Crippen molar-refractivity contribution in [2.24, 2.45) is 11.8 Å². The second-order valence-electron chi connectivity index (χ2n) is 6.96. The second kappa shape index (κ2) is 8.97. The van der Waals surface area contributed by atoms with Gasteiger partial charge in [0.05, 0.1) is 24.7 Å². The van der Waals surface area contributed by atoms with Gasteiger partial charge in [-0.25, -0.2) is 0 Å². The van der Waals surface area contributed by atoms with Gasteiger partial charge in [0.25, 0.3) is 0 Å². The smallest absolute Gasteiger partial charge is 0.307 e. The van der Waals surface area contributed by atoms with E-state index in [2.05, 4.69) is 12.2 Å². The largest absolute Gasteiger partial charge is 0.481 e. The van der Waals surface area contributed by atoms with E-state index in [1.807, 2.05) is 42.5 Å². The number of carboxylic acid groups (broad SMARTS) is 1. The van der Waals surface area contributed by atoms with Crippen LogP contribution >= 0.6 is 0 Å². The molecular weight excluding hydrogens is 328 g/mol. The predicted molar refractivity (Wildman–Crippen MR) is 101 cm³/mol. The van der Waals surface area contributed by atoms with E-state index in [-0.39, 0.29) is 18.6 Å². The van der Waals surface area contributed by atoms with Gasteiger partial charge in [-0.3, -0.25) is 4.79 Å². The van der Waals surface area contributed by atoms with E-state index in [0.29, 0.717) is 11.8 Å². The quantitative estimate of drug-likeness (QED) is 0.546. The Morgan fingerprint density at radius 1 is 1.15 bits per heavy atom. The van der Waals surface area contributed by atoms with Crippen LogP contribution in [0.4, 0.5) is 0 Å².